The summed E-state index contributed by atoms with van der Waals surface area (Å²) in [6.07, 6.45) is 1.24. The summed E-state index contributed by atoms with van der Waals surface area (Å²) in [6, 6.07) is 10.3. The molecule has 3 atom stereocenters. The minimum Gasteiger partial charge on any atom is -0.366 e. The molecule has 1 saturated heterocycles. The molecule has 0 spiro atoms. The number of thiophene rings is 1. The van der Waals surface area contributed by atoms with Crippen LogP contribution in [0.2, 0.25) is 0 Å². The molecule has 2 nitrogen and oxygen atoms in total. The van der Waals surface area contributed by atoms with Crippen LogP contribution in [0.25, 0.3) is 10.1 Å². The van der Waals surface area contributed by atoms with Gasteiger partial charge >= 0.3 is 0 Å². The van der Waals surface area contributed by atoms with E-state index in [1.54, 1.807) is 0 Å². The molecule has 2 aromatic rings. The van der Waals surface area contributed by atoms with Gasteiger partial charge in [0.25, 0.3) is 0 Å². The number of rotatable bonds is 3. The maximum Gasteiger partial charge on any atom is 0.0387 e. The number of hydrogen-bond acceptors (Lipinski definition) is 3. The van der Waals surface area contributed by atoms with Gasteiger partial charge in [-0.3, -0.25) is 0 Å². The summed E-state index contributed by atoms with van der Waals surface area (Å²) >= 11 is 1.82. The number of benzene rings is 1. The molecule has 0 radical (unpaired) electrons. The Morgan fingerprint density at radius 3 is 3.05 bits per heavy atom. The lowest BCUT2D eigenvalue weighted by Crippen LogP contribution is -2.57. The average Bonchev–Trinajstić information content (AvgIpc) is 2.94. The second-order valence-electron chi connectivity index (χ2n) is 6.04. The quantitative estimate of drug-likeness (QED) is 0.914. The van der Waals surface area contributed by atoms with Crippen molar-refractivity contribution in [3.8, 4) is 0 Å². The Labute approximate surface area is 125 Å². The molecule has 1 fully saturated rings. The number of piperazine rings is 1. The first kappa shape index (κ1) is 13.9. The van der Waals surface area contributed by atoms with Crippen LogP contribution in [0.4, 0.5) is 5.69 Å². The highest BCUT2D eigenvalue weighted by Crippen LogP contribution is 2.29. The first-order valence-electron chi connectivity index (χ1n) is 7.66. The maximum atomic E-state index is 3.71. The minimum absolute atomic E-state index is 0.561. The van der Waals surface area contributed by atoms with Crippen LogP contribution >= 0.6 is 11.3 Å². The Balaban J connectivity index is 1.86. The molecule has 3 rings (SSSR count). The SMILES string of the molecule is CCC(C)C1CN(c2ccc3sccc3c2)C(C)CN1. The van der Waals surface area contributed by atoms with Gasteiger partial charge in [0.1, 0.15) is 0 Å². The van der Waals surface area contributed by atoms with Gasteiger partial charge < -0.3 is 10.2 Å². The summed E-state index contributed by atoms with van der Waals surface area (Å²) in [7, 11) is 0. The third-order valence-corrected chi connectivity index (χ3v) is 5.60. The largest absolute Gasteiger partial charge is 0.366 e. The molecule has 1 aromatic carbocycles. The summed E-state index contributed by atoms with van der Waals surface area (Å²) in [5.74, 6) is 0.731. The Morgan fingerprint density at radius 1 is 1.40 bits per heavy atom. The summed E-state index contributed by atoms with van der Waals surface area (Å²) in [4.78, 5) is 2.57. The van der Waals surface area contributed by atoms with E-state index in [-0.39, 0.29) is 0 Å². The van der Waals surface area contributed by atoms with Crippen molar-refractivity contribution in [2.24, 2.45) is 5.92 Å². The van der Waals surface area contributed by atoms with Crippen LogP contribution in [0.15, 0.2) is 29.6 Å². The smallest absolute Gasteiger partial charge is 0.0387 e. The number of hydrogen-bond donors (Lipinski definition) is 1. The van der Waals surface area contributed by atoms with E-state index in [1.165, 1.54) is 22.2 Å². The molecule has 2 heterocycles. The topological polar surface area (TPSA) is 15.3 Å². The van der Waals surface area contributed by atoms with Gasteiger partial charge in [0.05, 0.1) is 0 Å². The zero-order valence-electron chi connectivity index (χ0n) is 12.6. The van der Waals surface area contributed by atoms with E-state index < -0.39 is 0 Å². The van der Waals surface area contributed by atoms with Gasteiger partial charge in [0, 0.05) is 35.6 Å². The highest BCUT2D eigenvalue weighted by molar-refractivity contribution is 7.17. The third kappa shape index (κ3) is 2.57. The normalized spacial score (nSPS) is 25.1. The van der Waals surface area contributed by atoms with E-state index in [9.17, 15) is 0 Å². The fourth-order valence-electron chi connectivity index (χ4n) is 3.05. The van der Waals surface area contributed by atoms with E-state index in [1.807, 2.05) is 11.3 Å². The summed E-state index contributed by atoms with van der Waals surface area (Å²) in [5, 5.41) is 7.26. The van der Waals surface area contributed by atoms with Crippen molar-refractivity contribution in [3.05, 3.63) is 29.6 Å². The van der Waals surface area contributed by atoms with Crippen molar-refractivity contribution in [1.29, 1.82) is 0 Å². The zero-order valence-corrected chi connectivity index (χ0v) is 13.4. The zero-order chi connectivity index (χ0) is 14.1. The van der Waals surface area contributed by atoms with Crippen LogP contribution < -0.4 is 10.2 Å². The fourth-order valence-corrected chi connectivity index (χ4v) is 3.82. The van der Waals surface area contributed by atoms with Crippen molar-refractivity contribution in [3.63, 3.8) is 0 Å². The summed E-state index contributed by atoms with van der Waals surface area (Å²) < 4.78 is 1.38. The summed E-state index contributed by atoms with van der Waals surface area (Å²) in [5.41, 5.74) is 1.37. The van der Waals surface area contributed by atoms with Gasteiger partial charge in [0.15, 0.2) is 0 Å². The number of nitrogens with one attached hydrogen (secondary N) is 1. The minimum atomic E-state index is 0.561. The number of nitrogens with zero attached hydrogens (tertiary/aromatic N) is 1. The molecular formula is C17H24N2S. The van der Waals surface area contributed by atoms with Crippen LogP contribution in [0.5, 0.6) is 0 Å². The Kier molecular flexibility index (Phi) is 3.99. The molecule has 1 aliphatic rings. The van der Waals surface area contributed by atoms with Crippen molar-refractivity contribution >= 4 is 27.1 Å². The third-order valence-electron chi connectivity index (χ3n) is 4.70. The van der Waals surface area contributed by atoms with Crippen LogP contribution in [0.3, 0.4) is 0 Å². The molecule has 1 N–H and O–H groups in total. The highest BCUT2D eigenvalue weighted by Gasteiger charge is 2.27. The van der Waals surface area contributed by atoms with Gasteiger partial charge in [-0.05, 0) is 47.9 Å². The molecule has 3 unspecified atom stereocenters. The number of anilines is 1. The van der Waals surface area contributed by atoms with E-state index in [4.69, 9.17) is 0 Å². The molecule has 0 aliphatic carbocycles. The van der Waals surface area contributed by atoms with Crippen molar-refractivity contribution in [2.75, 3.05) is 18.0 Å². The number of fused-ring (bicyclic) bond motifs is 1. The molecule has 0 amide bonds. The van der Waals surface area contributed by atoms with Gasteiger partial charge in [-0.1, -0.05) is 20.3 Å². The fraction of sp³-hybridized carbons (Fsp3) is 0.529. The molecule has 0 bridgehead atoms. The van der Waals surface area contributed by atoms with Crippen LogP contribution in [-0.2, 0) is 0 Å². The second-order valence-corrected chi connectivity index (χ2v) is 6.99. The standard InChI is InChI=1S/C17H24N2S/c1-4-12(2)16-11-19(13(3)10-18-16)15-5-6-17-14(9-15)7-8-20-17/h5-9,12-13,16,18H,4,10-11H2,1-3H3. The monoisotopic (exact) mass is 288 g/mol. The predicted octanol–water partition coefficient (Wildman–Crippen LogP) is 4.11. The van der Waals surface area contributed by atoms with Gasteiger partial charge in [-0.2, -0.15) is 0 Å². The first-order valence-corrected chi connectivity index (χ1v) is 8.54. The molecule has 20 heavy (non-hydrogen) atoms. The Bertz CT molecular complexity index is 577. The van der Waals surface area contributed by atoms with Crippen molar-refractivity contribution < 1.29 is 0 Å². The van der Waals surface area contributed by atoms with Gasteiger partial charge in [-0.25, -0.2) is 0 Å². The molecule has 1 aliphatic heterocycles. The van der Waals surface area contributed by atoms with E-state index in [0.717, 1.165) is 19.0 Å². The molecular weight excluding hydrogens is 264 g/mol. The molecule has 3 heteroatoms. The molecule has 1 aromatic heterocycles. The van der Waals surface area contributed by atoms with Gasteiger partial charge in [0.2, 0.25) is 0 Å². The highest BCUT2D eigenvalue weighted by atomic mass is 32.1. The Hall–Kier alpha value is -1.06. The van der Waals surface area contributed by atoms with Crippen LogP contribution in [0, 0.1) is 5.92 Å². The van der Waals surface area contributed by atoms with Gasteiger partial charge in [-0.15, -0.1) is 11.3 Å². The van der Waals surface area contributed by atoms with E-state index in [2.05, 4.69) is 60.6 Å². The lowest BCUT2D eigenvalue weighted by molar-refractivity contribution is 0.316. The maximum absolute atomic E-state index is 3.71. The lowest BCUT2D eigenvalue weighted by Gasteiger charge is -2.42. The first-order chi connectivity index (χ1) is 9.69. The lowest BCUT2D eigenvalue weighted by atomic mass is 9.95. The van der Waals surface area contributed by atoms with Crippen LogP contribution in [0.1, 0.15) is 27.2 Å². The molecule has 0 saturated carbocycles. The van der Waals surface area contributed by atoms with Crippen molar-refractivity contribution in [1.82, 2.24) is 5.32 Å². The van der Waals surface area contributed by atoms with Crippen LogP contribution in [-0.4, -0.2) is 25.2 Å². The molecule has 108 valence electrons. The predicted molar refractivity (Wildman–Crippen MR) is 89.9 cm³/mol. The average molecular weight is 288 g/mol. The summed E-state index contributed by atoms with van der Waals surface area (Å²) in [6.45, 7) is 9.15. The van der Waals surface area contributed by atoms with Crippen molar-refractivity contribution in [2.45, 2.75) is 39.3 Å². The van der Waals surface area contributed by atoms with E-state index >= 15 is 0 Å². The second kappa shape index (κ2) is 5.74. The Morgan fingerprint density at radius 2 is 2.25 bits per heavy atom. The van der Waals surface area contributed by atoms with E-state index in [0.29, 0.717) is 12.1 Å².